The van der Waals surface area contributed by atoms with Gasteiger partial charge >= 0.3 is 5.97 Å². The van der Waals surface area contributed by atoms with Gasteiger partial charge in [0.15, 0.2) is 0 Å². The lowest BCUT2D eigenvalue weighted by atomic mass is 9.72. The summed E-state index contributed by atoms with van der Waals surface area (Å²) in [5.74, 6) is -0.147. The van der Waals surface area contributed by atoms with Crippen LogP contribution in [-0.4, -0.2) is 46.3 Å². The Kier molecular flexibility index (Phi) is 10.8. The molecule has 0 fully saturated rings. The molecule has 1 aliphatic rings. The average Bonchev–Trinajstić information content (AvgIpc) is 3.47. The monoisotopic (exact) mass is 658 g/mol. The Hall–Kier alpha value is -4.02. The zero-order valence-electron chi connectivity index (χ0n) is 28.1. The van der Waals surface area contributed by atoms with Crippen molar-refractivity contribution < 1.29 is 22.7 Å². The molecular formula is C37H46N4O5S. The highest BCUT2D eigenvalue weighted by atomic mass is 32.2. The first kappa shape index (κ1) is 34.3. The third kappa shape index (κ3) is 7.93. The maximum Gasteiger partial charge on any atom is 0.312 e. The molecule has 2 heterocycles. The number of rotatable bonds is 13. The number of sulfonamides is 1. The number of carbonyl (C=O) groups is 1. The normalized spacial score (nSPS) is 16.9. The molecule has 4 aromatic rings. The SMILES string of the molecule is CCCn1cc(CC[C@@H](c2ccc(C)c(CN3C[C@@H](CC)Oc4ccccc4S3(=O)=O)c2)C(C)(C)C(=O)OCc2ccccc2)nn1. The van der Waals surface area contributed by atoms with Crippen LogP contribution < -0.4 is 4.74 Å². The molecule has 1 aromatic heterocycles. The summed E-state index contributed by atoms with van der Waals surface area (Å²) in [5, 5.41) is 8.64. The van der Waals surface area contributed by atoms with Gasteiger partial charge in [0.25, 0.3) is 0 Å². The summed E-state index contributed by atoms with van der Waals surface area (Å²) in [6.45, 7) is 11.4. The predicted octanol–water partition coefficient (Wildman–Crippen LogP) is 6.84. The van der Waals surface area contributed by atoms with Crippen molar-refractivity contribution in [1.29, 1.82) is 0 Å². The van der Waals surface area contributed by atoms with E-state index in [0.717, 1.165) is 40.9 Å². The van der Waals surface area contributed by atoms with Gasteiger partial charge in [-0.05, 0) is 86.8 Å². The second kappa shape index (κ2) is 14.8. The van der Waals surface area contributed by atoms with Crippen molar-refractivity contribution in [2.75, 3.05) is 6.54 Å². The Morgan fingerprint density at radius 1 is 1.06 bits per heavy atom. The zero-order valence-corrected chi connectivity index (χ0v) is 28.9. The maximum atomic E-state index is 13.9. The number of esters is 1. The molecule has 1 aliphatic heterocycles. The molecule has 0 N–H and O–H groups in total. The molecular weight excluding hydrogens is 612 g/mol. The van der Waals surface area contributed by atoms with E-state index in [0.29, 0.717) is 25.0 Å². The second-order valence-electron chi connectivity index (χ2n) is 12.9. The fraction of sp³-hybridized carbons (Fsp3) is 0.432. The number of hydrogen-bond acceptors (Lipinski definition) is 7. The van der Waals surface area contributed by atoms with Crippen molar-refractivity contribution in [1.82, 2.24) is 19.3 Å². The number of hydrogen-bond donors (Lipinski definition) is 0. The lowest BCUT2D eigenvalue weighted by Gasteiger charge is -2.33. The van der Waals surface area contributed by atoms with Crippen LogP contribution in [0.1, 0.15) is 80.8 Å². The highest BCUT2D eigenvalue weighted by molar-refractivity contribution is 7.89. The van der Waals surface area contributed by atoms with Crippen molar-refractivity contribution in [2.45, 2.75) is 96.9 Å². The summed E-state index contributed by atoms with van der Waals surface area (Å²) >= 11 is 0. The number of ether oxygens (including phenoxy) is 2. The first-order valence-electron chi connectivity index (χ1n) is 16.5. The van der Waals surface area contributed by atoms with Crippen LogP contribution >= 0.6 is 0 Å². The first-order chi connectivity index (χ1) is 22.5. The molecule has 0 aliphatic carbocycles. The van der Waals surface area contributed by atoms with E-state index in [1.807, 2.05) is 81.0 Å². The Labute approximate surface area is 279 Å². The van der Waals surface area contributed by atoms with Gasteiger partial charge in [-0.3, -0.25) is 9.48 Å². The molecule has 0 spiro atoms. The summed E-state index contributed by atoms with van der Waals surface area (Å²) in [4.78, 5) is 14.0. The van der Waals surface area contributed by atoms with Gasteiger partial charge in [0.05, 0.1) is 17.7 Å². The summed E-state index contributed by atoms with van der Waals surface area (Å²) in [7, 11) is -3.82. The number of para-hydroxylation sites is 1. The molecule has 0 bridgehead atoms. The van der Waals surface area contributed by atoms with E-state index >= 15 is 0 Å². The van der Waals surface area contributed by atoms with Crippen molar-refractivity contribution in [2.24, 2.45) is 5.41 Å². The topological polar surface area (TPSA) is 104 Å². The van der Waals surface area contributed by atoms with Crippen LogP contribution in [0.25, 0.3) is 0 Å². The van der Waals surface area contributed by atoms with Gasteiger partial charge in [-0.25, -0.2) is 8.42 Å². The second-order valence-corrected chi connectivity index (χ2v) is 14.8. The molecule has 0 saturated heterocycles. The molecule has 0 saturated carbocycles. The minimum Gasteiger partial charge on any atom is -0.488 e. The van der Waals surface area contributed by atoms with Gasteiger partial charge in [0, 0.05) is 19.3 Å². The minimum atomic E-state index is -3.82. The van der Waals surface area contributed by atoms with Gasteiger partial charge in [0.2, 0.25) is 10.0 Å². The molecule has 0 amide bonds. The fourth-order valence-electron chi connectivity index (χ4n) is 6.15. The number of carbonyl (C=O) groups excluding carboxylic acids is 1. The highest BCUT2D eigenvalue weighted by Crippen LogP contribution is 2.41. The lowest BCUT2D eigenvalue weighted by molar-refractivity contribution is -0.157. The Bertz CT molecular complexity index is 1770. The lowest BCUT2D eigenvalue weighted by Crippen LogP contribution is -2.37. The van der Waals surface area contributed by atoms with Gasteiger partial charge < -0.3 is 9.47 Å². The van der Waals surface area contributed by atoms with E-state index in [2.05, 4.69) is 23.3 Å². The smallest absolute Gasteiger partial charge is 0.312 e. The van der Waals surface area contributed by atoms with Crippen LogP contribution in [0, 0.1) is 12.3 Å². The molecule has 0 unspecified atom stereocenters. The zero-order chi connectivity index (χ0) is 33.6. The van der Waals surface area contributed by atoms with Crippen molar-refractivity contribution in [3.8, 4) is 5.75 Å². The molecule has 9 nitrogen and oxygen atoms in total. The van der Waals surface area contributed by atoms with Gasteiger partial charge in [-0.1, -0.05) is 79.7 Å². The van der Waals surface area contributed by atoms with E-state index in [1.54, 1.807) is 24.3 Å². The quantitative estimate of drug-likeness (QED) is 0.145. The largest absolute Gasteiger partial charge is 0.488 e. The van der Waals surface area contributed by atoms with E-state index in [4.69, 9.17) is 9.47 Å². The van der Waals surface area contributed by atoms with E-state index in [9.17, 15) is 13.2 Å². The molecule has 0 radical (unpaired) electrons. The van der Waals surface area contributed by atoms with Crippen LogP contribution in [0.2, 0.25) is 0 Å². The van der Waals surface area contributed by atoms with Crippen LogP contribution in [0.4, 0.5) is 0 Å². The Balaban J connectivity index is 1.46. The average molecular weight is 659 g/mol. The fourth-order valence-corrected chi connectivity index (χ4v) is 7.72. The van der Waals surface area contributed by atoms with Crippen LogP contribution in [0.15, 0.2) is 83.9 Å². The number of aromatic nitrogens is 3. The Morgan fingerprint density at radius 2 is 1.81 bits per heavy atom. The number of fused-ring (bicyclic) bond motifs is 1. The summed E-state index contributed by atoms with van der Waals surface area (Å²) in [5.41, 5.74) is 3.70. The molecule has 2 atom stereocenters. The predicted molar refractivity (Wildman–Crippen MR) is 181 cm³/mol. The summed E-state index contributed by atoms with van der Waals surface area (Å²) in [6, 6.07) is 22.6. The Morgan fingerprint density at radius 3 is 2.55 bits per heavy atom. The van der Waals surface area contributed by atoms with Gasteiger partial charge in [0.1, 0.15) is 23.4 Å². The third-order valence-corrected chi connectivity index (χ3v) is 10.9. The van der Waals surface area contributed by atoms with Crippen LogP contribution in [0.5, 0.6) is 5.75 Å². The van der Waals surface area contributed by atoms with Gasteiger partial charge in [-0.15, -0.1) is 5.10 Å². The van der Waals surface area contributed by atoms with E-state index in [1.165, 1.54) is 4.31 Å². The molecule has 5 rings (SSSR count). The maximum absolute atomic E-state index is 13.9. The number of nitrogens with zero attached hydrogens (tertiary/aromatic N) is 4. The summed E-state index contributed by atoms with van der Waals surface area (Å²) < 4.78 is 43.3. The molecule has 47 heavy (non-hydrogen) atoms. The first-order valence-corrected chi connectivity index (χ1v) is 17.9. The van der Waals surface area contributed by atoms with Crippen molar-refractivity contribution in [3.05, 3.63) is 107 Å². The number of aryl methyl sites for hydroxylation is 3. The van der Waals surface area contributed by atoms with Crippen molar-refractivity contribution in [3.63, 3.8) is 0 Å². The third-order valence-electron chi connectivity index (χ3n) is 9.08. The van der Waals surface area contributed by atoms with Crippen LogP contribution in [-0.2, 0) is 45.7 Å². The minimum absolute atomic E-state index is 0.182. The van der Waals surface area contributed by atoms with Crippen LogP contribution in [0.3, 0.4) is 0 Å². The van der Waals surface area contributed by atoms with E-state index in [-0.39, 0.29) is 42.6 Å². The highest BCUT2D eigenvalue weighted by Gasteiger charge is 2.40. The number of benzene rings is 3. The molecule has 10 heteroatoms. The van der Waals surface area contributed by atoms with E-state index < -0.39 is 15.4 Å². The molecule has 250 valence electrons. The molecule has 3 aromatic carbocycles. The van der Waals surface area contributed by atoms with Crippen molar-refractivity contribution >= 4 is 16.0 Å². The summed E-state index contributed by atoms with van der Waals surface area (Å²) in [6.07, 6.45) is 4.58. The standard InChI is InChI=1S/C37H46N4O5S/c1-6-21-40-24-31(38-39-40)19-20-33(37(4,5)36(42)45-26-28-13-9-8-10-14-28)29-18-17-27(3)30(22-29)23-41-25-32(7-2)46-34-15-11-12-16-35(34)47(41,43)44/h8-18,22,24,32-33H,6-7,19-21,23,25-26H2,1-5H3/t32-,33+/m1/s1. The van der Waals surface area contributed by atoms with Gasteiger partial charge in [-0.2, -0.15) is 4.31 Å².